The van der Waals surface area contributed by atoms with Crippen molar-refractivity contribution in [3.8, 4) is 11.1 Å². The minimum Gasteiger partial charge on any atom is -0.310 e. The molecule has 0 aromatic heterocycles. The highest BCUT2D eigenvalue weighted by Crippen LogP contribution is 2.31. The normalized spacial score (nSPS) is 14.6. The maximum Gasteiger partial charge on any atom is 0.0253 e. The Balaban J connectivity index is 1.90. The Labute approximate surface area is 123 Å². The van der Waals surface area contributed by atoms with Gasteiger partial charge in [-0.25, -0.2) is 0 Å². The minimum absolute atomic E-state index is 0.758. The maximum absolute atomic E-state index is 3.65. The highest BCUT2D eigenvalue weighted by Gasteiger charge is 2.20. The molecule has 1 N–H and O–H groups in total. The molecule has 1 aliphatic carbocycles. The van der Waals surface area contributed by atoms with E-state index in [4.69, 9.17) is 0 Å². The van der Waals surface area contributed by atoms with Crippen molar-refractivity contribution in [1.29, 1.82) is 0 Å². The van der Waals surface area contributed by atoms with Crippen LogP contribution in [0.5, 0.6) is 0 Å². The van der Waals surface area contributed by atoms with Crippen molar-refractivity contribution in [2.24, 2.45) is 0 Å². The van der Waals surface area contributed by atoms with Gasteiger partial charge in [-0.05, 0) is 54.2 Å². The first-order valence-corrected chi connectivity index (χ1v) is 7.61. The summed E-state index contributed by atoms with van der Waals surface area (Å²) in [4.78, 5) is 0. The molecular formula is C17H18BrN. The predicted octanol–water partition coefficient (Wildman–Crippen LogP) is 4.68. The first-order chi connectivity index (χ1) is 9.24. The molecule has 0 saturated heterocycles. The lowest BCUT2D eigenvalue weighted by Crippen LogP contribution is -2.15. The van der Waals surface area contributed by atoms with Gasteiger partial charge in [0.1, 0.15) is 0 Å². The smallest absolute Gasteiger partial charge is 0.0253 e. The number of benzene rings is 2. The lowest BCUT2D eigenvalue weighted by Gasteiger charge is -2.11. The fourth-order valence-corrected chi connectivity index (χ4v) is 2.80. The van der Waals surface area contributed by atoms with E-state index in [2.05, 4.69) is 70.6 Å². The van der Waals surface area contributed by atoms with E-state index in [-0.39, 0.29) is 0 Å². The molecule has 1 aliphatic rings. The highest BCUT2D eigenvalue weighted by atomic mass is 79.9. The monoisotopic (exact) mass is 315 g/mol. The van der Waals surface area contributed by atoms with Crippen LogP contribution in [0.4, 0.5) is 0 Å². The number of halogens is 1. The third kappa shape index (κ3) is 3.07. The molecule has 2 aromatic carbocycles. The number of hydrogen-bond acceptors (Lipinski definition) is 1. The number of aryl methyl sites for hydroxylation is 1. The molecule has 2 heteroatoms. The maximum atomic E-state index is 3.65. The third-order valence-corrected chi connectivity index (χ3v) is 4.33. The molecule has 0 unspecified atom stereocenters. The molecule has 0 heterocycles. The third-order valence-electron chi connectivity index (χ3n) is 3.64. The van der Waals surface area contributed by atoms with E-state index in [0.717, 1.165) is 17.1 Å². The molecule has 0 bridgehead atoms. The lowest BCUT2D eigenvalue weighted by atomic mass is 9.98. The molecule has 3 rings (SSSR count). The van der Waals surface area contributed by atoms with Crippen LogP contribution in [-0.4, -0.2) is 6.04 Å². The average molecular weight is 316 g/mol. The van der Waals surface area contributed by atoms with E-state index >= 15 is 0 Å². The Bertz CT molecular complexity index is 588. The summed E-state index contributed by atoms with van der Waals surface area (Å²) in [6.07, 6.45) is 2.67. The highest BCUT2D eigenvalue weighted by molar-refractivity contribution is 9.10. The summed E-state index contributed by atoms with van der Waals surface area (Å²) < 4.78 is 1.16. The molecular weight excluding hydrogens is 298 g/mol. The van der Waals surface area contributed by atoms with Crippen molar-refractivity contribution in [2.45, 2.75) is 32.4 Å². The van der Waals surface area contributed by atoms with Crippen molar-refractivity contribution in [3.05, 3.63) is 58.1 Å². The van der Waals surface area contributed by atoms with Crippen LogP contribution in [0.2, 0.25) is 0 Å². The Kier molecular flexibility index (Phi) is 3.72. The van der Waals surface area contributed by atoms with Crippen LogP contribution in [0.1, 0.15) is 24.0 Å². The summed E-state index contributed by atoms with van der Waals surface area (Å²) in [5.74, 6) is 0. The van der Waals surface area contributed by atoms with E-state index in [1.54, 1.807) is 0 Å². The molecule has 0 atom stereocenters. The van der Waals surface area contributed by atoms with E-state index in [1.165, 1.54) is 35.1 Å². The van der Waals surface area contributed by atoms with Crippen molar-refractivity contribution in [2.75, 3.05) is 0 Å². The van der Waals surface area contributed by atoms with Crippen LogP contribution >= 0.6 is 15.9 Å². The van der Waals surface area contributed by atoms with Crippen molar-refractivity contribution >= 4 is 15.9 Å². The summed E-state index contributed by atoms with van der Waals surface area (Å²) in [6.45, 7) is 3.15. The Morgan fingerprint density at radius 3 is 2.63 bits per heavy atom. The van der Waals surface area contributed by atoms with Crippen LogP contribution in [0.3, 0.4) is 0 Å². The second-order valence-corrected chi connectivity index (χ2v) is 6.14. The first-order valence-electron chi connectivity index (χ1n) is 6.82. The Hall–Kier alpha value is -1.12. The van der Waals surface area contributed by atoms with Crippen LogP contribution in [0.15, 0.2) is 46.9 Å². The van der Waals surface area contributed by atoms with E-state index in [0.29, 0.717) is 0 Å². The predicted molar refractivity (Wildman–Crippen MR) is 84.2 cm³/mol. The molecule has 0 amide bonds. The zero-order valence-electron chi connectivity index (χ0n) is 11.1. The summed E-state index contributed by atoms with van der Waals surface area (Å²) in [6, 6.07) is 15.9. The second-order valence-electron chi connectivity index (χ2n) is 5.28. The molecule has 0 radical (unpaired) electrons. The SMILES string of the molecule is Cc1ccc(CNC2CC2)cc1-c1ccccc1Br. The van der Waals surface area contributed by atoms with Crippen molar-refractivity contribution in [1.82, 2.24) is 5.32 Å². The van der Waals surface area contributed by atoms with Gasteiger partial charge >= 0.3 is 0 Å². The Morgan fingerprint density at radius 1 is 1.11 bits per heavy atom. The molecule has 1 fully saturated rings. The van der Waals surface area contributed by atoms with Gasteiger partial charge in [-0.15, -0.1) is 0 Å². The van der Waals surface area contributed by atoms with E-state index in [1.807, 2.05) is 0 Å². The zero-order valence-corrected chi connectivity index (χ0v) is 12.7. The molecule has 0 spiro atoms. The van der Waals surface area contributed by atoms with Crippen LogP contribution in [0.25, 0.3) is 11.1 Å². The largest absolute Gasteiger partial charge is 0.310 e. The van der Waals surface area contributed by atoms with Gasteiger partial charge < -0.3 is 5.32 Å². The van der Waals surface area contributed by atoms with Gasteiger partial charge in [-0.3, -0.25) is 0 Å². The average Bonchev–Trinajstić information content (AvgIpc) is 3.23. The van der Waals surface area contributed by atoms with Gasteiger partial charge in [0.2, 0.25) is 0 Å². The number of hydrogen-bond donors (Lipinski definition) is 1. The molecule has 98 valence electrons. The standard InChI is InChI=1S/C17H18BrN/c1-12-6-7-13(11-19-14-8-9-14)10-16(12)15-4-2-3-5-17(15)18/h2-7,10,14,19H,8-9,11H2,1H3. The van der Waals surface area contributed by atoms with E-state index in [9.17, 15) is 0 Å². The fourth-order valence-electron chi connectivity index (χ4n) is 2.30. The van der Waals surface area contributed by atoms with Crippen LogP contribution < -0.4 is 5.32 Å². The summed E-state index contributed by atoms with van der Waals surface area (Å²) in [5.41, 5.74) is 5.28. The number of nitrogens with one attached hydrogen (secondary N) is 1. The van der Waals surface area contributed by atoms with Gasteiger partial charge in [-0.2, -0.15) is 0 Å². The van der Waals surface area contributed by atoms with Crippen LogP contribution in [0, 0.1) is 6.92 Å². The van der Waals surface area contributed by atoms with Crippen molar-refractivity contribution in [3.63, 3.8) is 0 Å². The summed E-state index contributed by atoms with van der Waals surface area (Å²) >= 11 is 3.65. The van der Waals surface area contributed by atoms with Crippen molar-refractivity contribution < 1.29 is 0 Å². The zero-order chi connectivity index (χ0) is 13.2. The second kappa shape index (κ2) is 5.48. The topological polar surface area (TPSA) is 12.0 Å². The quantitative estimate of drug-likeness (QED) is 0.864. The molecule has 2 aromatic rings. The molecule has 1 saturated carbocycles. The number of rotatable bonds is 4. The van der Waals surface area contributed by atoms with Crippen LogP contribution in [-0.2, 0) is 6.54 Å². The molecule has 1 nitrogen and oxygen atoms in total. The van der Waals surface area contributed by atoms with Gasteiger partial charge in [0, 0.05) is 17.1 Å². The first kappa shape index (κ1) is 12.9. The van der Waals surface area contributed by atoms with E-state index < -0.39 is 0 Å². The van der Waals surface area contributed by atoms with Gasteiger partial charge in [0.25, 0.3) is 0 Å². The van der Waals surface area contributed by atoms with Gasteiger partial charge in [0.05, 0.1) is 0 Å². The molecule has 0 aliphatic heterocycles. The van der Waals surface area contributed by atoms with Gasteiger partial charge in [-0.1, -0.05) is 46.3 Å². The Morgan fingerprint density at radius 2 is 1.89 bits per heavy atom. The molecule has 19 heavy (non-hydrogen) atoms. The minimum atomic E-state index is 0.758. The summed E-state index contributed by atoms with van der Waals surface area (Å²) in [7, 11) is 0. The van der Waals surface area contributed by atoms with Gasteiger partial charge in [0.15, 0.2) is 0 Å². The fraction of sp³-hybridized carbons (Fsp3) is 0.294. The summed E-state index contributed by atoms with van der Waals surface area (Å²) in [5, 5.41) is 3.57. The lowest BCUT2D eigenvalue weighted by molar-refractivity contribution is 0.688.